The number of esters is 1. The summed E-state index contributed by atoms with van der Waals surface area (Å²) in [6.45, 7) is 3.60. The molecule has 0 fully saturated rings. The van der Waals surface area contributed by atoms with E-state index >= 15 is 0 Å². The van der Waals surface area contributed by atoms with E-state index in [4.69, 9.17) is 16.3 Å². The quantitative estimate of drug-likeness (QED) is 0.324. The van der Waals surface area contributed by atoms with Crippen molar-refractivity contribution in [3.8, 4) is 0 Å². The van der Waals surface area contributed by atoms with Crippen LogP contribution >= 0.6 is 11.6 Å². The van der Waals surface area contributed by atoms with Crippen LogP contribution in [-0.2, 0) is 20.9 Å². The van der Waals surface area contributed by atoms with Crippen LogP contribution in [0.25, 0.3) is 0 Å². The average molecular weight is 518 g/mol. The van der Waals surface area contributed by atoms with Crippen molar-refractivity contribution in [2.75, 3.05) is 10.6 Å². The summed E-state index contributed by atoms with van der Waals surface area (Å²) in [4.78, 5) is 51.6. The van der Waals surface area contributed by atoms with Crippen LogP contribution in [0.3, 0.4) is 0 Å². The molecule has 0 aliphatic carbocycles. The minimum absolute atomic E-state index is 0.0588. The maximum atomic E-state index is 12.9. The lowest BCUT2D eigenvalue weighted by atomic mass is 10.1. The molecular formula is C28H24ClN3O5. The molecule has 37 heavy (non-hydrogen) atoms. The van der Waals surface area contributed by atoms with Crippen LogP contribution in [0.15, 0.2) is 89.6 Å². The summed E-state index contributed by atoms with van der Waals surface area (Å²) >= 11 is 6.20. The third-order valence-electron chi connectivity index (χ3n) is 5.39. The first-order valence-electron chi connectivity index (χ1n) is 11.5. The standard InChI is InChI=1S/C28H24ClN3O5/c1-17(2)37-28(36)20-11-7-13-22(15-20)31-25(33)19-10-6-12-21(14-19)30-24-23(29)26(34)32(27(24)35)16-18-8-4-3-5-9-18/h3-15,17,30H,16H2,1-2H3,(H,31,33). The summed E-state index contributed by atoms with van der Waals surface area (Å²) in [6, 6.07) is 21.9. The van der Waals surface area contributed by atoms with Crippen molar-refractivity contribution in [3.63, 3.8) is 0 Å². The van der Waals surface area contributed by atoms with Crippen LogP contribution in [0.4, 0.5) is 11.4 Å². The molecule has 8 nitrogen and oxygen atoms in total. The number of amides is 3. The molecule has 0 radical (unpaired) electrons. The predicted molar refractivity (Wildman–Crippen MR) is 140 cm³/mol. The molecule has 4 rings (SSSR count). The molecule has 1 aliphatic rings. The first kappa shape index (κ1) is 25.7. The van der Waals surface area contributed by atoms with E-state index in [1.165, 1.54) is 12.1 Å². The summed E-state index contributed by atoms with van der Waals surface area (Å²) in [6.07, 6.45) is -0.267. The number of hydrogen-bond acceptors (Lipinski definition) is 6. The molecule has 1 aliphatic heterocycles. The molecule has 0 unspecified atom stereocenters. The molecule has 2 N–H and O–H groups in total. The van der Waals surface area contributed by atoms with Gasteiger partial charge < -0.3 is 15.4 Å². The Morgan fingerprint density at radius 1 is 0.865 bits per heavy atom. The number of carbonyl (C=O) groups excluding carboxylic acids is 4. The molecule has 1 heterocycles. The highest BCUT2D eigenvalue weighted by Gasteiger charge is 2.37. The molecule has 3 aromatic rings. The average Bonchev–Trinajstić information content (AvgIpc) is 3.08. The lowest BCUT2D eigenvalue weighted by molar-refractivity contribution is -0.138. The van der Waals surface area contributed by atoms with Crippen molar-refractivity contribution < 1.29 is 23.9 Å². The number of hydrogen-bond donors (Lipinski definition) is 2. The maximum Gasteiger partial charge on any atom is 0.338 e. The Morgan fingerprint density at radius 3 is 2.22 bits per heavy atom. The van der Waals surface area contributed by atoms with Crippen LogP contribution in [0, 0.1) is 0 Å². The van der Waals surface area contributed by atoms with Gasteiger partial charge in [-0.1, -0.05) is 54.1 Å². The molecule has 188 valence electrons. The Morgan fingerprint density at radius 2 is 1.51 bits per heavy atom. The minimum atomic E-state index is -0.595. The fraction of sp³-hybridized carbons (Fsp3) is 0.143. The van der Waals surface area contributed by atoms with E-state index in [0.29, 0.717) is 16.9 Å². The summed E-state index contributed by atoms with van der Waals surface area (Å²) < 4.78 is 5.20. The van der Waals surface area contributed by atoms with Gasteiger partial charge in [0.1, 0.15) is 10.7 Å². The highest BCUT2D eigenvalue weighted by molar-refractivity contribution is 6.48. The lowest BCUT2D eigenvalue weighted by Gasteiger charge is -2.15. The van der Waals surface area contributed by atoms with Crippen molar-refractivity contribution >= 4 is 46.7 Å². The number of halogens is 1. The van der Waals surface area contributed by atoms with E-state index in [9.17, 15) is 19.2 Å². The number of benzene rings is 3. The van der Waals surface area contributed by atoms with E-state index in [0.717, 1.165) is 10.5 Å². The van der Waals surface area contributed by atoms with E-state index in [1.807, 2.05) is 30.3 Å². The van der Waals surface area contributed by atoms with E-state index in [1.54, 1.807) is 50.2 Å². The monoisotopic (exact) mass is 517 g/mol. The van der Waals surface area contributed by atoms with E-state index in [2.05, 4.69) is 10.6 Å². The van der Waals surface area contributed by atoms with Gasteiger partial charge in [0.25, 0.3) is 17.7 Å². The normalized spacial score (nSPS) is 13.2. The number of imide groups is 1. The summed E-state index contributed by atoms with van der Waals surface area (Å²) in [7, 11) is 0. The summed E-state index contributed by atoms with van der Waals surface area (Å²) in [5, 5.41) is 5.41. The Labute approximate surface area is 218 Å². The van der Waals surface area contributed by atoms with Crippen LogP contribution in [-0.4, -0.2) is 34.7 Å². The molecule has 3 amide bonds. The van der Waals surface area contributed by atoms with Gasteiger partial charge in [-0.3, -0.25) is 19.3 Å². The van der Waals surface area contributed by atoms with Gasteiger partial charge in [0.05, 0.1) is 18.2 Å². The zero-order valence-corrected chi connectivity index (χ0v) is 20.9. The smallest absolute Gasteiger partial charge is 0.338 e. The number of nitrogens with one attached hydrogen (secondary N) is 2. The molecule has 0 saturated carbocycles. The van der Waals surface area contributed by atoms with Crippen molar-refractivity contribution in [1.29, 1.82) is 0 Å². The van der Waals surface area contributed by atoms with Gasteiger partial charge in [-0.05, 0) is 55.8 Å². The van der Waals surface area contributed by atoms with Crippen molar-refractivity contribution in [2.45, 2.75) is 26.5 Å². The number of carbonyl (C=O) groups is 4. The fourth-order valence-electron chi connectivity index (χ4n) is 3.66. The molecule has 9 heteroatoms. The summed E-state index contributed by atoms with van der Waals surface area (Å²) in [5.41, 5.74) is 2.15. The van der Waals surface area contributed by atoms with Crippen molar-refractivity contribution in [2.24, 2.45) is 0 Å². The predicted octanol–water partition coefficient (Wildman–Crippen LogP) is 4.94. The molecule has 0 bridgehead atoms. The van der Waals surface area contributed by atoms with Gasteiger partial charge in [0.15, 0.2) is 0 Å². The Bertz CT molecular complexity index is 1400. The highest BCUT2D eigenvalue weighted by Crippen LogP contribution is 2.27. The van der Waals surface area contributed by atoms with Crippen LogP contribution in [0.1, 0.15) is 40.1 Å². The summed E-state index contributed by atoms with van der Waals surface area (Å²) in [5.74, 6) is -2.07. The second-order valence-corrected chi connectivity index (χ2v) is 8.94. The molecule has 0 saturated heterocycles. The third kappa shape index (κ3) is 6.05. The number of ether oxygens (including phenoxy) is 1. The fourth-order valence-corrected chi connectivity index (χ4v) is 3.89. The SMILES string of the molecule is CC(C)OC(=O)c1cccc(NC(=O)c2cccc(NC3=C(Cl)C(=O)N(Cc4ccccc4)C3=O)c2)c1. The topological polar surface area (TPSA) is 105 Å². The molecule has 0 spiro atoms. The number of anilines is 2. The van der Waals surface area contributed by atoms with Gasteiger partial charge in [-0.2, -0.15) is 0 Å². The highest BCUT2D eigenvalue weighted by atomic mass is 35.5. The second kappa shape index (κ2) is 11.1. The van der Waals surface area contributed by atoms with Gasteiger partial charge in [-0.15, -0.1) is 0 Å². The van der Waals surface area contributed by atoms with Crippen LogP contribution in [0.5, 0.6) is 0 Å². The first-order chi connectivity index (χ1) is 17.7. The van der Waals surface area contributed by atoms with Crippen LogP contribution < -0.4 is 10.6 Å². The van der Waals surface area contributed by atoms with Gasteiger partial charge in [0.2, 0.25) is 0 Å². The minimum Gasteiger partial charge on any atom is -0.459 e. The second-order valence-electron chi connectivity index (χ2n) is 8.57. The lowest BCUT2D eigenvalue weighted by Crippen LogP contribution is -2.31. The van der Waals surface area contributed by atoms with E-state index in [-0.39, 0.29) is 28.9 Å². The van der Waals surface area contributed by atoms with Gasteiger partial charge in [0, 0.05) is 16.9 Å². The largest absolute Gasteiger partial charge is 0.459 e. The Hall–Kier alpha value is -4.43. The van der Waals surface area contributed by atoms with Gasteiger partial charge in [-0.25, -0.2) is 4.79 Å². The first-order valence-corrected chi connectivity index (χ1v) is 11.9. The zero-order chi connectivity index (χ0) is 26.5. The molecule has 3 aromatic carbocycles. The van der Waals surface area contributed by atoms with Crippen molar-refractivity contribution in [3.05, 3.63) is 106 Å². The molecule has 0 atom stereocenters. The van der Waals surface area contributed by atoms with Gasteiger partial charge >= 0.3 is 5.97 Å². The Kier molecular flexibility index (Phi) is 7.69. The molecule has 0 aromatic heterocycles. The van der Waals surface area contributed by atoms with Crippen molar-refractivity contribution in [1.82, 2.24) is 4.90 Å². The maximum absolute atomic E-state index is 12.9. The molecular weight excluding hydrogens is 494 g/mol. The number of rotatable bonds is 8. The van der Waals surface area contributed by atoms with Crippen LogP contribution in [0.2, 0.25) is 0 Å². The zero-order valence-electron chi connectivity index (χ0n) is 20.2. The third-order valence-corrected chi connectivity index (χ3v) is 5.74. The number of nitrogens with zero attached hydrogens (tertiary/aromatic N) is 1. The van der Waals surface area contributed by atoms with E-state index < -0.39 is 23.7 Å². The Balaban J connectivity index is 1.46.